The zero-order valence-electron chi connectivity index (χ0n) is 24.0. The normalized spacial score (nSPS) is 11.9. The molecule has 0 spiro atoms. The van der Waals surface area contributed by atoms with Gasteiger partial charge in [-0.05, 0) is 66.1 Å². The Labute approximate surface area is 267 Å². The Kier molecular flexibility index (Phi) is 11.4. The molecule has 1 N–H and O–H groups in total. The van der Waals surface area contributed by atoms with Crippen LogP contribution in [0.2, 0.25) is 10.0 Å². The number of benzene rings is 4. The van der Waals surface area contributed by atoms with Gasteiger partial charge in [0.2, 0.25) is 11.8 Å². The monoisotopic (exact) mass is 655 g/mol. The van der Waals surface area contributed by atoms with E-state index in [-0.39, 0.29) is 29.5 Å². The molecule has 0 aromatic heterocycles. The Morgan fingerprint density at radius 1 is 0.886 bits per heavy atom. The smallest absolute Gasteiger partial charge is 0.264 e. The van der Waals surface area contributed by atoms with Crippen LogP contribution in [0.1, 0.15) is 24.5 Å². The van der Waals surface area contributed by atoms with Crippen molar-refractivity contribution in [2.24, 2.45) is 0 Å². The van der Waals surface area contributed by atoms with E-state index in [1.165, 1.54) is 4.90 Å². The molecule has 44 heavy (non-hydrogen) atoms. The van der Waals surface area contributed by atoms with Crippen molar-refractivity contribution >= 4 is 50.7 Å². The lowest BCUT2D eigenvalue weighted by atomic mass is 10.0. The van der Waals surface area contributed by atoms with Crippen molar-refractivity contribution in [3.05, 3.63) is 130 Å². The van der Waals surface area contributed by atoms with E-state index in [0.29, 0.717) is 28.6 Å². The van der Waals surface area contributed by atoms with Crippen molar-refractivity contribution < 1.29 is 22.4 Å². The minimum Gasteiger partial charge on any atom is -0.354 e. The maximum Gasteiger partial charge on any atom is 0.264 e. The first-order chi connectivity index (χ1) is 21.1. The molecule has 7 nitrogen and oxygen atoms in total. The summed E-state index contributed by atoms with van der Waals surface area (Å²) in [5, 5.41) is 3.58. The Bertz CT molecular complexity index is 1670. The van der Waals surface area contributed by atoms with Crippen LogP contribution in [0.5, 0.6) is 0 Å². The van der Waals surface area contributed by atoms with E-state index in [1.54, 1.807) is 48.5 Å². The second kappa shape index (κ2) is 15.2. The number of anilines is 1. The summed E-state index contributed by atoms with van der Waals surface area (Å²) >= 11 is 12.6. The van der Waals surface area contributed by atoms with Gasteiger partial charge >= 0.3 is 0 Å². The fourth-order valence-corrected chi connectivity index (χ4v) is 6.49. The Morgan fingerprint density at radius 3 is 2.14 bits per heavy atom. The fourth-order valence-electron chi connectivity index (χ4n) is 4.61. The third-order valence-corrected chi connectivity index (χ3v) is 9.28. The number of hydrogen-bond acceptors (Lipinski definition) is 4. The highest BCUT2D eigenvalue weighted by Crippen LogP contribution is 2.27. The van der Waals surface area contributed by atoms with Gasteiger partial charge in [0.05, 0.1) is 10.6 Å². The third-order valence-electron chi connectivity index (χ3n) is 6.90. The Morgan fingerprint density at radius 2 is 1.52 bits per heavy atom. The molecular weight excluding hydrogens is 624 g/mol. The van der Waals surface area contributed by atoms with Crippen LogP contribution in [-0.4, -0.2) is 44.3 Å². The van der Waals surface area contributed by atoms with Gasteiger partial charge in [0, 0.05) is 29.6 Å². The number of sulfonamides is 1. The summed E-state index contributed by atoms with van der Waals surface area (Å²) in [5.74, 6) is -1.63. The summed E-state index contributed by atoms with van der Waals surface area (Å²) in [6.07, 6.45) is 0.849. The molecule has 0 bridgehead atoms. The highest BCUT2D eigenvalue weighted by atomic mass is 35.5. The first-order valence-electron chi connectivity index (χ1n) is 14.0. The molecular formula is C33H32Cl2FN3O4S. The van der Waals surface area contributed by atoms with E-state index in [0.717, 1.165) is 34.1 Å². The number of carbonyl (C=O) groups excluding carboxylic acids is 2. The summed E-state index contributed by atoms with van der Waals surface area (Å²) < 4.78 is 42.5. The zero-order chi connectivity index (χ0) is 31.7. The van der Waals surface area contributed by atoms with Crippen molar-refractivity contribution in [3.63, 3.8) is 0 Å². The quantitative estimate of drug-likeness (QED) is 0.178. The molecule has 4 aromatic rings. The van der Waals surface area contributed by atoms with E-state index >= 15 is 0 Å². The topological polar surface area (TPSA) is 86.8 Å². The molecule has 0 fully saturated rings. The van der Waals surface area contributed by atoms with E-state index in [9.17, 15) is 22.4 Å². The van der Waals surface area contributed by atoms with Crippen molar-refractivity contribution in [2.75, 3.05) is 17.4 Å². The molecule has 0 heterocycles. The molecule has 4 aromatic carbocycles. The van der Waals surface area contributed by atoms with Crippen LogP contribution >= 0.6 is 23.2 Å². The largest absolute Gasteiger partial charge is 0.354 e. The number of nitrogens with one attached hydrogen (secondary N) is 1. The van der Waals surface area contributed by atoms with Crippen LogP contribution in [-0.2, 0) is 32.6 Å². The maximum atomic E-state index is 14.4. The third kappa shape index (κ3) is 8.37. The molecule has 0 aliphatic carbocycles. The molecule has 0 aliphatic heterocycles. The van der Waals surface area contributed by atoms with Gasteiger partial charge in [-0.1, -0.05) is 84.7 Å². The summed E-state index contributed by atoms with van der Waals surface area (Å²) in [4.78, 5) is 29.2. The van der Waals surface area contributed by atoms with Gasteiger partial charge in [-0.2, -0.15) is 0 Å². The number of halogens is 3. The predicted octanol–water partition coefficient (Wildman–Crippen LogP) is 6.49. The van der Waals surface area contributed by atoms with Gasteiger partial charge in [0.15, 0.2) is 0 Å². The summed E-state index contributed by atoms with van der Waals surface area (Å²) in [5.41, 5.74) is 1.56. The van der Waals surface area contributed by atoms with Crippen LogP contribution in [0.15, 0.2) is 108 Å². The van der Waals surface area contributed by atoms with Crippen LogP contribution in [0, 0.1) is 5.82 Å². The number of rotatable bonds is 13. The molecule has 1 atom stereocenters. The van der Waals surface area contributed by atoms with Gasteiger partial charge in [-0.3, -0.25) is 13.9 Å². The van der Waals surface area contributed by atoms with Crippen molar-refractivity contribution in [1.82, 2.24) is 10.2 Å². The molecule has 230 valence electrons. The minimum atomic E-state index is -4.33. The lowest BCUT2D eigenvalue weighted by molar-refractivity contribution is -0.140. The van der Waals surface area contributed by atoms with E-state index < -0.39 is 34.3 Å². The summed E-state index contributed by atoms with van der Waals surface area (Å²) in [7, 11) is -4.33. The van der Waals surface area contributed by atoms with Gasteiger partial charge < -0.3 is 10.2 Å². The summed E-state index contributed by atoms with van der Waals surface area (Å²) in [6, 6.07) is 25.6. The zero-order valence-corrected chi connectivity index (χ0v) is 26.3. The number of amides is 2. The first-order valence-corrected chi connectivity index (χ1v) is 16.2. The van der Waals surface area contributed by atoms with Gasteiger partial charge in [-0.25, -0.2) is 12.8 Å². The Balaban J connectivity index is 1.80. The van der Waals surface area contributed by atoms with Gasteiger partial charge in [0.25, 0.3) is 10.0 Å². The van der Waals surface area contributed by atoms with Crippen molar-refractivity contribution in [3.8, 4) is 0 Å². The summed E-state index contributed by atoms with van der Waals surface area (Å²) in [6.45, 7) is 1.58. The van der Waals surface area contributed by atoms with Gasteiger partial charge in [-0.15, -0.1) is 0 Å². The lowest BCUT2D eigenvalue weighted by Crippen LogP contribution is -2.53. The average molecular weight is 657 g/mol. The maximum absolute atomic E-state index is 14.4. The highest BCUT2D eigenvalue weighted by molar-refractivity contribution is 7.92. The van der Waals surface area contributed by atoms with Crippen LogP contribution in [0.25, 0.3) is 0 Å². The lowest BCUT2D eigenvalue weighted by Gasteiger charge is -2.34. The number of hydrogen-bond donors (Lipinski definition) is 1. The second-order valence-electron chi connectivity index (χ2n) is 10.1. The molecule has 11 heteroatoms. The molecule has 1 unspecified atom stereocenters. The van der Waals surface area contributed by atoms with Gasteiger partial charge in [0.1, 0.15) is 18.4 Å². The molecule has 0 saturated carbocycles. The van der Waals surface area contributed by atoms with Crippen LogP contribution < -0.4 is 9.62 Å². The van der Waals surface area contributed by atoms with E-state index in [4.69, 9.17) is 23.2 Å². The van der Waals surface area contributed by atoms with Crippen molar-refractivity contribution in [2.45, 2.75) is 37.2 Å². The van der Waals surface area contributed by atoms with Crippen LogP contribution in [0.4, 0.5) is 10.1 Å². The first kappa shape index (κ1) is 33.0. The minimum absolute atomic E-state index is 0.0922. The fraction of sp³-hybridized carbons (Fsp3) is 0.212. The molecule has 0 radical (unpaired) electrons. The standard InChI is InChI=1S/C33H32Cl2FN3O4S/c1-2-19-37-33(41)31(20-24-9-5-3-6-10-24)38(22-25-13-14-26(34)21-30(25)35)32(40)23-39(28-11-7-4-8-12-28)44(42,43)29-17-15-27(36)16-18-29/h3-18,21,31H,2,19-20,22-23H2,1H3,(H,37,41). The van der Waals surface area contributed by atoms with E-state index in [1.807, 2.05) is 37.3 Å². The molecule has 0 saturated heterocycles. The molecule has 4 rings (SSSR count). The number of carbonyl (C=O) groups is 2. The molecule has 2 amide bonds. The number of para-hydroxylation sites is 1. The van der Waals surface area contributed by atoms with Crippen molar-refractivity contribution in [1.29, 1.82) is 0 Å². The van der Waals surface area contributed by atoms with Crippen LogP contribution in [0.3, 0.4) is 0 Å². The highest BCUT2D eigenvalue weighted by Gasteiger charge is 2.34. The van der Waals surface area contributed by atoms with E-state index in [2.05, 4.69) is 5.32 Å². The average Bonchev–Trinajstić information content (AvgIpc) is 3.02. The SMILES string of the molecule is CCCNC(=O)C(Cc1ccccc1)N(Cc1ccc(Cl)cc1Cl)C(=O)CN(c1ccccc1)S(=O)(=O)c1ccc(F)cc1. The second-order valence-corrected chi connectivity index (χ2v) is 12.8. The predicted molar refractivity (Wildman–Crippen MR) is 172 cm³/mol. The molecule has 0 aliphatic rings. The Hall–Kier alpha value is -3.92. The number of nitrogens with zero attached hydrogens (tertiary/aromatic N) is 2.